The summed E-state index contributed by atoms with van der Waals surface area (Å²) in [5, 5.41) is 1.09. The van der Waals surface area contributed by atoms with Gasteiger partial charge in [-0.2, -0.15) is 0 Å². The number of unbranched alkanes of at least 4 members (excludes halogenated alkanes) is 2. The molecule has 0 aliphatic carbocycles. The first kappa shape index (κ1) is 14.6. The van der Waals surface area contributed by atoms with Gasteiger partial charge in [0.05, 0.1) is 6.61 Å². The summed E-state index contributed by atoms with van der Waals surface area (Å²) in [5.74, 6) is 0.983. The van der Waals surface area contributed by atoms with Crippen LogP contribution in [0.4, 0.5) is 0 Å². The van der Waals surface area contributed by atoms with Gasteiger partial charge in [-0.3, -0.25) is 0 Å². The van der Waals surface area contributed by atoms with Gasteiger partial charge in [0.25, 0.3) is 0 Å². The van der Waals surface area contributed by atoms with E-state index in [4.69, 9.17) is 4.74 Å². The highest BCUT2D eigenvalue weighted by molar-refractivity contribution is 9.09. The van der Waals surface area contributed by atoms with Gasteiger partial charge in [-0.15, -0.1) is 0 Å². The van der Waals surface area contributed by atoms with E-state index in [-0.39, 0.29) is 5.41 Å². The maximum Gasteiger partial charge on any atom is 0.119 e. The van der Waals surface area contributed by atoms with Crippen molar-refractivity contribution in [2.24, 2.45) is 0 Å². The maximum absolute atomic E-state index is 5.70. The highest BCUT2D eigenvalue weighted by atomic mass is 79.9. The molecule has 17 heavy (non-hydrogen) atoms. The Morgan fingerprint density at radius 1 is 1.00 bits per heavy atom. The Hall–Kier alpha value is -0.500. The van der Waals surface area contributed by atoms with Crippen molar-refractivity contribution in [3.8, 4) is 5.75 Å². The lowest BCUT2D eigenvalue weighted by molar-refractivity contribution is 0.306. The number of hydrogen-bond donors (Lipinski definition) is 0. The SMILES string of the molecule is CC(C)(C)c1ccc(OCCCCCBr)cc1. The Morgan fingerprint density at radius 3 is 2.18 bits per heavy atom. The van der Waals surface area contributed by atoms with E-state index in [1.54, 1.807) is 0 Å². The molecular formula is C15H23BrO. The zero-order valence-electron chi connectivity index (χ0n) is 11.1. The van der Waals surface area contributed by atoms with Gasteiger partial charge < -0.3 is 4.74 Å². The van der Waals surface area contributed by atoms with E-state index in [0.717, 1.165) is 24.1 Å². The number of benzene rings is 1. The second-order valence-corrected chi connectivity index (χ2v) is 6.17. The number of rotatable bonds is 6. The largest absolute Gasteiger partial charge is 0.494 e. The number of alkyl halides is 1. The average Bonchev–Trinajstić information content (AvgIpc) is 2.28. The number of halogens is 1. The van der Waals surface area contributed by atoms with Crippen LogP contribution in [0, 0.1) is 0 Å². The van der Waals surface area contributed by atoms with Gasteiger partial charge >= 0.3 is 0 Å². The molecule has 0 bridgehead atoms. The maximum atomic E-state index is 5.70. The van der Waals surface area contributed by atoms with E-state index in [1.807, 2.05) is 0 Å². The summed E-state index contributed by atoms with van der Waals surface area (Å²) >= 11 is 3.43. The van der Waals surface area contributed by atoms with E-state index in [2.05, 4.69) is 61.0 Å². The van der Waals surface area contributed by atoms with Crippen LogP contribution in [0.25, 0.3) is 0 Å². The molecule has 2 heteroatoms. The third kappa shape index (κ3) is 5.58. The highest BCUT2D eigenvalue weighted by Gasteiger charge is 2.12. The predicted octanol–water partition coefficient (Wildman–Crippen LogP) is 4.93. The fourth-order valence-corrected chi connectivity index (χ4v) is 2.01. The van der Waals surface area contributed by atoms with Crippen LogP contribution in [-0.2, 0) is 5.41 Å². The fourth-order valence-electron chi connectivity index (χ4n) is 1.61. The minimum absolute atomic E-state index is 0.217. The van der Waals surface area contributed by atoms with Gasteiger partial charge in [0.1, 0.15) is 5.75 Å². The Labute approximate surface area is 114 Å². The molecule has 0 spiro atoms. The number of ether oxygens (including phenoxy) is 1. The van der Waals surface area contributed by atoms with Crippen molar-refractivity contribution in [2.75, 3.05) is 11.9 Å². The van der Waals surface area contributed by atoms with Gasteiger partial charge in [0.15, 0.2) is 0 Å². The summed E-state index contributed by atoms with van der Waals surface area (Å²) in [5.41, 5.74) is 1.57. The third-order valence-corrected chi connectivity index (χ3v) is 3.33. The normalized spacial score (nSPS) is 11.5. The third-order valence-electron chi connectivity index (χ3n) is 2.77. The van der Waals surface area contributed by atoms with Crippen LogP contribution in [0.5, 0.6) is 5.75 Å². The zero-order chi connectivity index (χ0) is 12.7. The molecule has 1 nitrogen and oxygen atoms in total. The molecule has 0 unspecified atom stereocenters. The Morgan fingerprint density at radius 2 is 1.65 bits per heavy atom. The minimum atomic E-state index is 0.217. The molecule has 0 saturated carbocycles. The van der Waals surface area contributed by atoms with Crippen LogP contribution < -0.4 is 4.74 Å². The van der Waals surface area contributed by atoms with Crippen molar-refractivity contribution in [3.05, 3.63) is 29.8 Å². The molecule has 0 fully saturated rings. The molecule has 1 aromatic rings. The fraction of sp³-hybridized carbons (Fsp3) is 0.600. The Balaban J connectivity index is 2.36. The van der Waals surface area contributed by atoms with Crippen molar-refractivity contribution >= 4 is 15.9 Å². The molecule has 1 rings (SSSR count). The van der Waals surface area contributed by atoms with Crippen molar-refractivity contribution in [3.63, 3.8) is 0 Å². The summed E-state index contributed by atoms with van der Waals surface area (Å²) in [6.07, 6.45) is 3.59. The van der Waals surface area contributed by atoms with Gasteiger partial charge in [-0.05, 0) is 42.4 Å². The first-order valence-electron chi connectivity index (χ1n) is 6.33. The molecule has 0 aromatic heterocycles. The Kier molecular flexibility index (Phi) is 6.04. The average molecular weight is 299 g/mol. The van der Waals surface area contributed by atoms with Crippen LogP contribution in [0.2, 0.25) is 0 Å². The van der Waals surface area contributed by atoms with Crippen molar-refractivity contribution in [1.29, 1.82) is 0 Å². The summed E-state index contributed by atoms with van der Waals surface area (Å²) in [7, 11) is 0. The molecule has 0 N–H and O–H groups in total. The predicted molar refractivity (Wildman–Crippen MR) is 78.3 cm³/mol. The standard InChI is InChI=1S/C15H23BrO/c1-15(2,3)13-7-9-14(10-8-13)17-12-6-4-5-11-16/h7-10H,4-6,11-12H2,1-3H3. The molecule has 96 valence electrons. The lowest BCUT2D eigenvalue weighted by Gasteiger charge is -2.19. The lowest BCUT2D eigenvalue weighted by atomic mass is 9.87. The molecule has 1 aromatic carbocycles. The van der Waals surface area contributed by atoms with Crippen LogP contribution in [0.3, 0.4) is 0 Å². The van der Waals surface area contributed by atoms with E-state index in [9.17, 15) is 0 Å². The second-order valence-electron chi connectivity index (χ2n) is 5.37. The van der Waals surface area contributed by atoms with Gasteiger partial charge in [0, 0.05) is 5.33 Å². The van der Waals surface area contributed by atoms with Crippen LogP contribution >= 0.6 is 15.9 Å². The molecule has 0 heterocycles. The van der Waals surface area contributed by atoms with Crippen molar-refractivity contribution in [1.82, 2.24) is 0 Å². The summed E-state index contributed by atoms with van der Waals surface area (Å²) in [6, 6.07) is 8.47. The Bertz CT molecular complexity index is 311. The second kappa shape index (κ2) is 7.05. The van der Waals surface area contributed by atoms with E-state index in [0.29, 0.717) is 0 Å². The van der Waals surface area contributed by atoms with E-state index >= 15 is 0 Å². The minimum Gasteiger partial charge on any atom is -0.494 e. The molecule has 0 aliphatic heterocycles. The molecule has 0 amide bonds. The molecule has 0 atom stereocenters. The van der Waals surface area contributed by atoms with Gasteiger partial charge in [0.2, 0.25) is 0 Å². The quantitative estimate of drug-likeness (QED) is 0.534. The molecular weight excluding hydrogens is 276 g/mol. The molecule has 0 saturated heterocycles. The lowest BCUT2D eigenvalue weighted by Crippen LogP contribution is -2.10. The van der Waals surface area contributed by atoms with E-state index in [1.165, 1.54) is 18.4 Å². The zero-order valence-corrected chi connectivity index (χ0v) is 12.7. The molecule has 0 radical (unpaired) electrons. The van der Waals surface area contributed by atoms with Crippen molar-refractivity contribution in [2.45, 2.75) is 45.4 Å². The van der Waals surface area contributed by atoms with Crippen LogP contribution in [0.1, 0.15) is 45.6 Å². The van der Waals surface area contributed by atoms with E-state index < -0.39 is 0 Å². The van der Waals surface area contributed by atoms with Crippen molar-refractivity contribution < 1.29 is 4.74 Å². The van der Waals surface area contributed by atoms with Gasteiger partial charge in [-0.25, -0.2) is 0 Å². The van der Waals surface area contributed by atoms with Gasteiger partial charge in [-0.1, -0.05) is 48.8 Å². The highest BCUT2D eigenvalue weighted by Crippen LogP contribution is 2.24. The first-order valence-corrected chi connectivity index (χ1v) is 7.45. The summed E-state index contributed by atoms with van der Waals surface area (Å²) in [4.78, 5) is 0. The topological polar surface area (TPSA) is 9.23 Å². The first-order chi connectivity index (χ1) is 8.04. The van der Waals surface area contributed by atoms with Crippen LogP contribution in [-0.4, -0.2) is 11.9 Å². The smallest absolute Gasteiger partial charge is 0.119 e. The summed E-state index contributed by atoms with van der Waals surface area (Å²) < 4.78 is 5.70. The monoisotopic (exact) mass is 298 g/mol. The number of hydrogen-bond acceptors (Lipinski definition) is 1. The summed E-state index contributed by atoms with van der Waals surface area (Å²) in [6.45, 7) is 7.50. The molecule has 0 aliphatic rings. The van der Waals surface area contributed by atoms with Crippen LogP contribution in [0.15, 0.2) is 24.3 Å².